The van der Waals surface area contributed by atoms with Crippen LogP contribution in [0.5, 0.6) is 0 Å². The molecule has 0 aliphatic carbocycles. The Morgan fingerprint density at radius 2 is 1.60 bits per heavy atom. The third kappa shape index (κ3) is 3.85. The topological polar surface area (TPSA) is 120 Å². The molecule has 7 nitrogen and oxygen atoms in total. The normalized spacial score (nSPS) is 10.4. The molecule has 0 bridgehead atoms. The van der Waals surface area contributed by atoms with Gasteiger partial charge in [-0.2, -0.15) is 0 Å². The van der Waals surface area contributed by atoms with Crippen molar-refractivity contribution >= 4 is 15.9 Å². The molecule has 106 valence electrons. The second-order valence-electron chi connectivity index (χ2n) is 3.61. The maximum atomic E-state index is 11.8. The third-order valence-electron chi connectivity index (χ3n) is 2.29. The molecular formula is C12H13N3O4S. The molecule has 0 radical (unpaired) electrons. The molecule has 0 unspecified atom stereocenters. The highest BCUT2D eigenvalue weighted by molar-refractivity contribution is 7.89. The van der Waals surface area contributed by atoms with Crippen LogP contribution in [0.2, 0.25) is 0 Å². The Morgan fingerprint density at radius 1 is 1.00 bits per heavy atom. The number of benzene rings is 1. The summed E-state index contributed by atoms with van der Waals surface area (Å²) in [5.41, 5.74) is 2.44. The highest BCUT2D eigenvalue weighted by atomic mass is 32.2. The Bertz CT molecular complexity index is 660. The van der Waals surface area contributed by atoms with Gasteiger partial charge < -0.3 is 5.48 Å². The van der Waals surface area contributed by atoms with Crippen LogP contribution in [0.3, 0.4) is 0 Å². The summed E-state index contributed by atoms with van der Waals surface area (Å²) in [6.07, 6.45) is 2.89. The van der Waals surface area contributed by atoms with Gasteiger partial charge in [-0.05, 0) is 24.3 Å². The first-order valence-corrected chi connectivity index (χ1v) is 6.85. The average molecular weight is 295 g/mol. The Labute approximate surface area is 116 Å². The summed E-state index contributed by atoms with van der Waals surface area (Å²) in [6, 6.07) is 10.7. The van der Waals surface area contributed by atoms with Crippen molar-refractivity contribution in [3.8, 4) is 0 Å². The minimum Gasteiger partial charge on any atom is -0.412 e. The quantitative estimate of drug-likeness (QED) is 0.764. The van der Waals surface area contributed by atoms with Gasteiger partial charge in [0.25, 0.3) is 15.9 Å². The third-order valence-corrected chi connectivity index (χ3v) is 3.56. The lowest BCUT2D eigenvalue weighted by Gasteiger charge is -2.08. The molecule has 0 saturated heterocycles. The summed E-state index contributed by atoms with van der Waals surface area (Å²) in [7, 11) is -3.76. The number of nitrogens with one attached hydrogen (secondary N) is 2. The summed E-state index contributed by atoms with van der Waals surface area (Å²) in [5, 5.41) is 0. The number of carbonyl (C=O) groups is 1. The van der Waals surface area contributed by atoms with Gasteiger partial charge in [0.1, 0.15) is 0 Å². The summed E-state index contributed by atoms with van der Waals surface area (Å²) in [5.74, 6) is -0.554. The Kier molecular flexibility index (Phi) is 5.32. The SMILES string of the molecule is O.O=C(NNS(=O)(=O)c1ccccc1)c1ccncc1. The maximum absolute atomic E-state index is 11.8. The lowest BCUT2D eigenvalue weighted by Crippen LogP contribution is -2.41. The molecule has 1 amide bonds. The molecule has 1 aromatic heterocycles. The summed E-state index contributed by atoms with van der Waals surface area (Å²) >= 11 is 0. The highest BCUT2D eigenvalue weighted by Crippen LogP contribution is 2.06. The van der Waals surface area contributed by atoms with Crippen LogP contribution in [0, 0.1) is 0 Å². The number of hydrogen-bond donors (Lipinski definition) is 2. The summed E-state index contributed by atoms with van der Waals surface area (Å²) < 4.78 is 23.7. The standard InChI is InChI=1S/C12H11N3O3S.H2O/c16-12(10-6-8-13-9-7-10)14-15-19(17,18)11-4-2-1-3-5-11;/h1-9,15H,(H,14,16);1H2. The molecule has 0 atom stereocenters. The molecule has 0 spiro atoms. The van der Waals surface area contributed by atoms with Crippen molar-refractivity contribution in [2.24, 2.45) is 0 Å². The molecule has 2 aromatic rings. The van der Waals surface area contributed by atoms with Crippen LogP contribution >= 0.6 is 0 Å². The molecule has 2 rings (SSSR count). The van der Waals surface area contributed by atoms with Gasteiger partial charge in [0, 0.05) is 18.0 Å². The van der Waals surface area contributed by atoms with Crippen molar-refractivity contribution in [1.29, 1.82) is 0 Å². The van der Waals surface area contributed by atoms with Gasteiger partial charge in [-0.25, -0.2) is 8.42 Å². The zero-order valence-electron chi connectivity index (χ0n) is 10.3. The fourth-order valence-corrected chi connectivity index (χ4v) is 2.21. The number of hydrazine groups is 1. The molecule has 0 fully saturated rings. The van der Waals surface area contributed by atoms with Crippen LogP contribution in [0.15, 0.2) is 59.8 Å². The van der Waals surface area contributed by atoms with E-state index < -0.39 is 15.9 Å². The zero-order chi connectivity index (χ0) is 13.7. The van der Waals surface area contributed by atoms with Crippen LogP contribution in [0.4, 0.5) is 0 Å². The first kappa shape index (κ1) is 15.8. The molecule has 4 N–H and O–H groups in total. The van der Waals surface area contributed by atoms with Crippen LogP contribution in [-0.4, -0.2) is 24.8 Å². The van der Waals surface area contributed by atoms with Crippen molar-refractivity contribution in [2.75, 3.05) is 0 Å². The van der Waals surface area contributed by atoms with E-state index in [1.54, 1.807) is 18.2 Å². The fraction of sp³-hybridized carbons (Fsp3) is 0. The van der Waals surface area contributed by atoms with E-state index in [-0.39, 0.29) is 10.4 Å². The predicted molar refractivity (Wildman–Crippen MR) is 72.1 cm³/mol. The smallest absolute Gasteiger partial charge is 0.266 e. The van der Waals surface area contributed by atoms with Gasteiger partial charge in [-0.1, -0.05) is 18.2 Å². The van der Waals surface area contributed by atoms with Crippen molar-refractivity contribution in [1.82, 2.24) is 15.2 Å². The maximum Gasteiger partial charge on any atom is 0.266 e. The Hall–Kier alpha value is -2.29. The van der Waals surface area contributed by atoms with Crippen molar-refractivity contribution in [2.45, 2.75) is 4.90 Å². The molecule has 0 saturated carbocycles. The first-order chi connectivity index (χ1) is 9.09. The number of carbonyl (C=O) groups excluding carboxylic acids is 1. The van der Waals surface area contributed by atoms with E-state index in [4.69, 9.17) is 0 Å². The fourth-order valence-electron chi connectivity index (χ4n) is 1.35. The second-order valence-corrected chi connectivity index (χ2v) is 5.29. The number of aromatic nitrogens is 1. The lowest BCUT2D eigenvalue weighted by molar-refractivity contribution is 0.0945. The molecule has 20 heavy (non-hydrogen) atoms. The predicted octanol–water partition coefficient (Wildman–Crippen LogP) is -0.120. The van der Waals surface area contributed by atoms with Crippen molar-refractivity contribution < 1.29 is 18.7 Å². The van der Waals surface area contributed by atoms with Crippen LogP contribution in [0.1, 0.15) is 10.4 Å². The van der Waals surface area contributed by atoms with Gasteiger partial charge in [0.05, 0.1) is 4.90 Å². The lowest BCUT2D eigenvalue weighted by atomic mass is 10.3. The number of amides is 1. The van der Waals surface area contributed by atoms with E-state index in [1.165, 1.54) is 36.7 Å². The highest BCUT2D eigenvalue weighted by Gasteiger charge is 2.14. The van der Waals surface area contributed by atoms with E-state index in [9.17, 15) is 13.2 Å². The van der Waals surface area contributed by atoms with Crippen LogP contribution < -0.4 is 10.3 Å². The van der Waals surface area contributed by atoms with E-state index in [1.807, 2.05) is 4.83 Å². The molecular weight excluding hydrogens is 282 g/mol. The minimum absolute atomic E-state index is 0. The molecule has 0 aliphatic heterocycles. The molecule has 1 heterocycles. The second kappa shape index (κ2) is 6.75. The van der Waals surface area contributed by atoms with E-state index in [0.29, 0.717) is 5.56 Å². The van der Waals surface area contributed by atoms with E-state index in [2.05, 4.69) is 10.4 Å². The summed E-state index contributed by atoms with van der Waals surface area (Å²) in [6.45, 7) is 0. The zero-order valence-corrected chi connectivity index (χ0v) is 11.1. The number of sulfonamides is 1. The van der Waals surface area contributed by atoms with Crippen molar-refractivity contribution in [3.63, 3.8) is 0 Å². The van der Waals surface area contributed by atoms with Gasteiger partial charge >= 0.3 is 0 Å². The van der Waals surface area contributed by atoms with Gasteiger partial charge in [0.15, 0.2) is 0 Å². The van der Waals surface area contributed by atoms with Gasteiger partial charge in [0.2, 0.25) is 0 Å². The number of rotatable bonds is 4. The van der Waals surface area contributed by atoms with E-state index >= 15 is 0 Å². The number of nitrogens with zero attached hydrogens (tertiary/aromatic N) is 1. The van der Waals surface area contributed by atoms with Gasteiger partial charge in [-0.3, -0.25) is 15.2 Å². The monoisotopic (exact) mass is 295 g/mol. The summed E-state index contributed by atoms with van der Waals surface area (Å²) in [4.78, 5) is 17.5. The Balaban J connectivity index is 0.00000200. The van der Waals surface area contributed by atoms with Gasteiger partial charge in [-0.15, -0.1) is 4.83 Å². The van der Waals surface area contributed by atoms with Crippen LogP contribution in [-0.2, 0) is 10.0 Å². The van der Waals surface area contributed by atoms with E-state index in [0.717, 1.165) is 0 Å². The Morgan fingerprint density at radius 3 is 2.20 bits per heavy atom. The molecule has 8 heteroatoms. The number of hydrogen-bond acceptors (Lipinski definition) is 4. The first-order valence-electron chi connectivity index (χ1n) is 5.37. The average Bonchev–Trinajstić information content (AvgIpc) is 2.47. The number of pyridine rings is 1. The van der Waals surface area contributed by atoms with Crippen molar-refractivity contribution in [3.05, 3.63) is 60.4 Å². The minimum atomic E-state index is -3.76. The molecule has 1 aromatic carbocycles. The largest absolute Gasteiger partial charge is 0.412 e. The van der Waals surface area contributed by atoms with Crippen LogP contribution in [0.25, 0.3) is 0 Å². The molecule has 0 aliphatic rings.